The van der Waals surface area contributed by atoms with Crippen LogP contribution >= 0.6 is 0 Å². The molecule has 0 aromatic heterocycles. The van der Waals surface area contributed by atoms with Gasteiger partial charge in [0, 0.05) is 16.8 Å². The van der Waals surface area contributed by atoms with E-state index in [1.165, 1.54) is 6.07 Å². The van der Waals surface area contributed by atoms with Gasteiger partial charge in [0.15, 0.2) is 0 Å². The molecule has 17 heavy (non-hydrogen) atoms. The van der Waals surface area contributed by atoms with Crippen molar-refractivity contribution in [3.05, 3.63) is 34.4 Å². The van der Waals surface area contributed by atoms with Crippen LogP contribution in [0.2, 0.25) is 0 Å². The summed E-state index contributed by atoms with van der Waals surface area (Å²) in [7, 11) is -6.97. The Morgan fingerprint density at radius 2 is 1.76 bits per heavy atom. The Labute approximate surface area is 98.2 Å². The van der Waals surface area contributed by atoms with Gasteiger partial charge in [-0.25, -0.2) is 0 Å². The van der Waals surface area contributed by atoms with Crippen molar-refractivity contribution in [3.63, 3.8) is 0 Å². The van der Waals surface area contributed by atoms with Crippen LogP contribution in [0.15, 0.2) is 29.2 Å². The lowest BCUT2D eigenvalue weighted by molar-refractivity contribution is -1.63. The second-order valence-electron chi connectivity index (χ2n) is 2.43. The van der Waals surface area contributed by atoms with Crippen molar-refractivity contribution in [2.75, 3.05) is 0 Å². The summed E-state index contributed by atoms with van der Waals surface area (Å²) in [5, 5.41) is 10.2. The average molecular weight is 288 g/mol. The summed E-state index contributed by atoms with van der Waals surface area (Å²) < 4.78 is 53.6. The van der Waals surface area contributed by atoms with Crippen LogP contribution in [0.1, 0.15) is 0 Å². The predicted octanol–water partition coefficient (Wildman–Crippen LogP) is -2.09. The second kappa shape index (κ2) is 6.44. The number of rotatable bonds is 2. The van der Waals surface area contributed by atoms with Crippen molar-refractivity contribution in [2.24, 2.45) is 0 Å². The van der Waals surface area contributed by atoms with Crippen molar-refractivity contribution in [1.29, 1.82) is 0 Å². The number of halogens is 1. The van der Waals surface area contributed by atoms with E-state index in [2.05, 4.69) is 0 Å². The van der Waals surface area contributed by atoms with Gasteiger partial charge in [-0.2, -0.15) is 8.42 Å². The van der Waals surface area contributed by atoms with E-state index in [1.807, 2.05) is 0 Å². The quantitative estimate of drug-likeness (QED) is 0.355. The topological polar surface area (TPSA) is 164 Å². The van der Waals surface area contributed by atoms with E-state index >= 15 is 0 Å². The van der Waals surface area contributed by atoms with Crippen LogP contribution in [0.4, 0.5) is 5.69 Å². The lowest BCUT2D eigenvalue weighted by Gasteiger charge is -1.95. The molecule has 0 saturated heterocycles. The number of benzene rings is 1. The number of non-ortho nitro benzene ring substituents is 1. The highest BCUT2D eigenvalue weighted by Gasteiger charge is 2.13. The highest BCUT2D eigenvalue weighted by molar-refractivity contribution is 7.85. The summed E-state index contributed by atoms with van der Waals surface area (Å²) in [6.45, 7) is 0. The first-order chi connectivity index (χ1) is 7.64. The van der Waals surface area contributed by atoms with Gasteiger partial charge in [-0.15, -0.1) is 0 Å². The Hall–Kier alpha value is -1.30. The van der Waals surface area contributed by atoms with Gasteiger partial charge in [-0.1, -0.05) is 6.07 Å². The Morgan fingerprint density at radius 1 is 1.29 bits per heavy atom. The normalized spacial score (nSPS) is 10.6. The summed E-state index contributed by atoms with van der Waals surface area (Å²) in [5.41, 5.74) is -0.380. The zero-order valence-corrected chi connectivity index (χ0v) is 9.46. The first-order valence-corrected chi connectivity index (χ1v) is 6.00. The third-order valence-corrected chi connectivity index (χ3v) is 2.18. The van der Waals surface area contributed by atoms with Crippen LogP contribution in [-0.4, -0.2) is 22.6 Å². The molecule has 0 atom stereocenters. The van der Waals surface area contributed by atoms with E-state index in [0.29, 0.717) is 0 Å². The van der Waals surface area contributed by atoms with E-state index in [9.17, 15) is 18.5 Å². The molecule has 9 nitrogen and oxygen atoms in total. The van der Waals surface area contributed by atoms with Gasteiger partial charge in [0.05, 0.1) is 4.92 Å². The molecule has 1 aromatic carbocycles. The molecule has 0 amide bonds. The standard InChI is InChI=1S/C6H5NO5S.ClHO3/c8-7(9)5-2-1-3-6(4-5)13(10,11)12;2-1(3)4/h1-4H,(H,10,11,12);2H. The number of nitrogens with zero attached hydrogens (tertiary/aromatic N) is 1. The summed E-state index contributed by atoms with van der Waals surface area (Å²) >= 11 is 0. The van der Waals surface area contributed by atoms with Gasteiger partial charge in [-0.3, -0.25) is 14.7 Å². The molecule has 0 aliphatic carbocycles. The van der Waals surface area contributed by atoms with E-state index in [0.717, 1.165) is 18.2 Å². The first kappa shape index (κ1) is 15.7. The highest BCUT2D eigenvalue weighted by atomic mass is 35.6. The maximum absolute atomic E-state index is 10.5. The fourth-order valence-corrected chi connectivity index (χ4v) is 1.28. The van der Waals surface area contributed by atoms with Gasteiger partial charge >= 0.3 is 0 Å². The molecule has 0 spiro atoms. The minimum atomic E-state index is -4.36. The molecule has 11 heteroatoms. The molecule has 2 N–H and O–H groups in total. The van der Waals surface area contributed by atoms with E-state index in [1.54, 1.807) is 0 Å². The zero-order valence-electron chi connectivity index (χ0n) is 7.89. The number of hydrogen-bond donors (Lipinski definition) is 2. The third kappa shape index (κ3) is 6.78. The predicted molar refractivity (Wildman–Crippen MR) is 45.1 cm³/mol. The minimum absolute atomic E-state index is 0.380. The molecule has 0 aliphatic rings. The maximum Gasteiger partial charge on any atom is 0.294 e. The van der Waals surface area contributed by atoms with E-state index in [-0.39, 0.29) is 5.69 Å². The van der Waals surface area contributed by atoms with Crippen LogP contribution < -0.4 is 9.32 Å². The second-order valence-corrected chi connectivity index (χ2v) is 4.25. The fourth-order valence-electron chi connectivity index (χ4n) is 0.758. The maximum atomic E-state index is 10.5. The van der Waals surface area contributed by atoms with Crippen LogP contribution in [0.5, 0.6) is 0 Å². The molecule has 96 valence electrons. The number of nitro groups is 1. The summed E-state index contributed by atoms with van der Waals surface area (Å²) in [4.78, 5) is 8.98. The molecular weight excluding hydrogens is 282 g/mol. The third-order valence-electron chi connectivity index (χ3n) is 1.33. The lowest BCUT2D eigenvalue weighted by Crippen LogP contribution is -2.30. The SMILES string of the molecule is O=[N+]([O-])c1cccc(S(=O)(=O)O)c1.[O-][Cl+2]([O-])O. The fraction of sp³-hybridized carbons (Fsp3) is 0. The smallest absolute Gasteiger partial charge is 0.294 e. The van der Waals surface area contributed by atoms with Gasteiger partial charge < -0.3 is 9.32 Å². The van der Waals surface area contributed by atoms with Crippen molar-refractivity contribution in [3.8, 4) is 0 Å². The monoisotopic (exact) mass is 287 g/mol. The van der Waals surface area contributed by atoms with E-state index in [4.69, 9.17) is 18.5 Å². The summed E-state index contributed by atoms with van der Waals surface area (Å²) in [5.74, 6) is 0. The molecule has 1 rings (SSSR count). The largest absolute Gasteiger partial charge is 0.321 e. The number of hydrogen-bond acceptors (Lipinski definition) is 7. The van der Waals surface area contributed by atoms with Crippen molar-refractivity contribution in [2.45, 2.75) is 4.90 Å². The summed E-state index contributed by atoms with van der Waals surface area (Å²) in [6.07, 6.45) is 0. The molecule has 0 unspecified atom stereocenters. The van der Waals surface area contributed by atoms with Gasteiger partial charge in [-0.05, 0) is 6.07 Å². The Bertz CT molecular complexity index is 484. The Morgan fingerprint density at radius 3 is 2.12 bits per heavy atom. The molecule has 0 bridgehead atoms. The van der Waals surface area contributed by atoms with Crippen molar-refractivity contribution < 1.29 is 42.7 Å². The van der Waals surface area contributed by atoms with E-state index < -0.39 is 30.7 Å². The van der Waals surface area contributed by atoms with Crippen molar-refractivity contribution >= 4 is 15.8 Å². The molecule has 1 aromatic rings. The van der Waals surface area contributed by atoms with Crippen LogP contribution in [0.25, 0.3) is 0 Å². The molecule has 0 saturated carbocycles. The lowest BCUT2D eigenvalue weighted by atomic mass is 10.3. The van der Waals surface area contributed by atoms with Gasteiger partial charge in [0.1, 0.15) is 4.90 Å². The Kier molecular flexibility index (Phi) is 5.95. The van der Waals surface area contributed by atoms with Crippen LogP contribution in [0.3, 0.4) is 0 Å². The zero-order chi connectivity index (χ0) is 13.6. The molecular formula is C6H6ClNO8S. The molecule has 0 aliphatic heterocycles. The molecule has 0 radical (unpaired) electrons. The van der Waals surface area contributed by atoms with Crippen molar-refractivity contribution in [1.82, 2.24) is 0 Å². The van der Waals surface area contributed by atoms with Gasteiger partial charge in [0.25, 0.3) is 26.6 Å². The Balaban J connectivity index is 0.000000557. The van der Waals surface area contributed by atoms with Crippen LogP contribution in [0, 0.1) is 20.9 Å². The van der Waals surface area contributed by atoms with Gasteiger partial charge in [0.2, 0.25) is 0 Å². The summed E-state index contributed by atoms with van der Waals surface area (Å²) in [6, 6.07) is 4.17. The first-order valence-electron chi connectivity index (χ1n) is 3.61. The minimum Gasteiger partial charge on any atom is -0.321 e. The molecule has 0 fully saturated rings. The van der Waals surface area contributed by atoms with Crippen LogP contribution in [-0.2, 0) is 10.1 Å². The number of nitro benzene ring substituents is 1. The highest BCUT2D eigenvalue weighted by Crippen LogP contribution is 2.16. The average Bonchev–Trinajstić information content (AvgIpc) is 2.15. The molecule has 0 heterocycles.